The molecule has 2 rings (SSSR count). The van der Waals surface area contributed by atoms with Crippen LogP contribution in [0.5, 0.6) is 0 Å². The van der Waals surface area contributed by atoms with Crippen LogP contribution in [0, 0.1) is 0 Å². The van der Waals surface area contributed by atoms with Crippen molar-refractivity contribution in [2.75, 3.05) is 10.7 Å². The van der Waals surface area contributed by atoms with Gasteiger partial charge in [-0.25, -0.2) is 0 Å². The predicted molar refractivity (Wildman–Crippen MR) is 90.2 cm³/mol. The average Bonchev–Trinajstić information content (AvgIpc) is 2.48. The van der Waals surface area contributed by atoms with Crippen LogP contribution in [0.3, 0.4) is 0 Å². The molecule has 0 radical (unpaired) electrons. The Morgan fingerprint density at radius 2 is 1.68 bits per heavy atom. The van der Waals surface area contributed by atoms with E-state index in [9.17, 15) is 9.90 Å². The molecule has 0 atom stereocenters. The molecule has 0 fully saturated rings. The van der Waals surface area contributed by atoms with Crippen molar-refractivity contribution in [3.63, 3.8) is 0 Å². The minimum absolute atomic E-state index is 0.104. The normalized spacial score (nSPS) is 9.91. The number of nitrogens with one attached hydrogen (secondary N) is 3. The quantitative estimate of drug-likeness (QED) is 0.578. The van der Waals surface area contributed by atoms with Gasteiger partial charge in [0, 0.05) is 21.3 Å². The van der Waals surface area contributed by atoms with Gasteiger partial charge < -0.3 is 15.2 Å². The van der Waals surface area contributed by atoms with Crippen LogP contribution in [-0.2, 0) is 0 Å². The number of rotatable bonds is 4. The van der Waals surface area contributed by atoms with Gasteiger partial charge in [0.05, 0.1) is 11.7 Å². The van der Waals surface area contributed by atoms with Crippen molar-refractivity contribution >= 4 is 57.9 Å². The SMILES string of the molecule is O=C([O-])c1cc(NNC(=S)Nc2ccc(Cl)cc2)ccc1Cl. The van der Waals surface area contributed by atoms with Gasteiger partial charge in [-0.2, -0.15) is 0 Å². The van der Waals surface area contributed by atoms with E-state index in [0.29, 0.717) is 15.8 Å². The number of hydrazine groups is 1. The van der Waals surface area contributed by atoms with Crippen molar-refractivity contribution in [2.24, 2.45) is 0 Å². The van der Waals surface area contributed by atoms with Crippen LogP contribution in [0.4, 0.5) is 11.4 Å². The van der Waals surface area contributed by atoms with Crippen molar-refractivity contribution in [1.82, 2.24) is 5.43 Å². The number of carbonyl (C=O) groups excluding carboxylic acids is 1. The molecule has 114 valence electrons. The first-order chi connectivity index (χ1) is 10.5. The Kier molecular flexibility index (Phi) is 5.43. The molecule has 0 heterocycles. The molecule has 0 spiro atoms. The van der Waals surface area contributed by atoms with Crippen LogP contribution in [-0.4, -0.2) is 11.1 Å². The molecule has 8 heteroatoms. The molecule has 0 amide bonds. The summed E-state index contributed by atoms with van der Waals surface area (Å²) < 4.78 is 0. The summed E-state index contributed by atoms with van der Waals surface area (Å²) in [4.78, 5) is 10.9. The van der Waals surface area contributed by atoms with Crippen molar-refractivity contribution < 1.29 is 9.90 Å². The number of benzene rings is 2. The highest BCUT2D eigenvalue weighted by molar-refractivity contribution is 7.80. The molecule has 0 saturated heterocycles. The molecule has 0 aliphatic heterocycles. The van der Waals surface area contributed by atoms with E-state index < -0.39 is 5.97 Å². The lowest BCUT2D eigenvalue weighted by molar-refractivity contribution is -0.255. The molecule has 0 aromatic heterocycles. The van der Waals surface area contributed by atoms with E-state index in [-0.39, 0.29) is 10.6 Å². The number of hydrogen-bond donors (Lipinski definition) is 3. The lowest BCUT2D eigenvalue weighted by Crippen LogP contribution is -2.33. The smallest absolute Gasteiger partial charge is 0.189 e. The van der Waals surface area contributed by atoms with Gasteiger partial charge in [-0.3, -0.25) is 10.9 Å². The maximum atomic E-state index is 10.9. The minimum atomic E-state index is -1.35. The highest BCUT2D eigenvalue weighted by Gasteiger charge is 2.03. The number of aromatic carboxylic acids is 1. The minimum Gasteiger partial charge on any atom is -0.545 e. The summed E-state index contributed by atoms with van der Waals surface area (Å²) in [6, 6.07) is 11.4. The molecular formula is C14H10Cl2N3O2S-. The Morgan fingerprint density at radius 3 is 2.32 bits per heavy atom. The zero-order valence-electron chi connectivity index (χ0n) is 11.0. The maximum Gasteiger partial charge on any atom is 0.189 e. The van der Waals surface area contributed by atoms with Gasteiger partial charge in [-0.15, -0.1) is 0 Å². The third kappa shape index (κ3) is 4.49. The van der Waals surface area contributed by atoms with Crippen LogP contribution < -0.4 is 21.3 Å². The summed E-state index contributed by atoms with van der Waals surface area (Å²) in [5, 5.41) is 14.8. The summed E-state index contributed by atoms with van der Waals surface area (Å²) >= 11 is 16.7. The fourth-order valence-electron chi connectivity index (χ4n) is 1.58. The van der Waals surface area contributed by atoms with Crippen LogP contribution in [0.15, 0.2) is 42.5 Å². The Hall–Kier alpha value is -2.02. The monoisotopic (exact) mass is 354 g/mol. The lowest BCUT2D eigenvalue weighted by atomic mass is 10.2. The summed E-state index contributed by atoms with van der Waals surface area (Å²) in [6.07, 6.45) is 0. The van der Waals surface area contributed by atoms with E-state index >= 15 is 0 Å². The van der Waals surface area contributed by atoms with Crippen LogP contribution in [0.25, 0.3) is 0 Å². The largest absolute Gasteiger partial charge is 0.545 e. The molecule has 3 N–H and O–H groups in total. The summed E-state index contributed by atoms with van der Waals surface area (Å²) in [7, 11) is 0. The Morgan fingerprint density at radius 1 is 1.05 bits per heavy atom. The van der Waals surface area contributed by atoms with E-state index in [1.165, 1.54) is 12.1 Å². The molecule has 0 aliphatic carbocycles. The van der Waals surface area contributed by atoms with Gasteiger partial charge in [0.2, 0.25) is 0 Å². The highest BCUT2D eigenvalue weighted by Crippen LogP contribution is 2.19. The summed E-state index contributed by atoms with van der Waals surface area (Å²) in [6.45, 7) is 0. The van der Waals surface area contributed by atoms with E-state index in [1.54, 1.807) is 30.3 Å². The fourth-order valence-corrected chi connectivity index (χ4v) is 2.07. The van der Waals surface area contributed by atoms with E-state index in [2.05, 4.69) is 16.2 Å². The van der Waals surface area contributed by atoms with E-state index in [4.69, 9.17) is 35.4 Å². The third-order valence-corrected chi connectivity index (χ3v) is 3.39. The van der Waals surface area contributed by atoms with Crippen molar-refractivity contribution in [2.45, 2.75) is 0 Å². The number of thiocarbonyl (C=S) groups is 1. The predicted octanol–water partition coefficient (Wildman–Crippen LogP) is 2.67. The van der Waals surface area contributed by atoms with Gasteiger partial charge in [0.1, 0.15) is 0 Å². The number of anilines is 2. The fraction of sp³-hybridized carbons (Fsp3) is 0. The standard InChI is InChI=1S/C14H11Cl2N3O2S/c15-8-1-3-9(4-2-8)17-14(22)19-18-10-5-6-12(16)11(7-10)13(20)21/h1-7,18H,(H,20,21)(H2,17,19,22)/p-1. The Balaban J connectivity index is 1.95. The molecular weight excluding hydrogens is 345 g/mol. The molecule has 0 saturated carbocycles. The molecule has 0 unspecified atom stereocenters. The zero-order chi connectivity index (χ0) is 16.1. The van der Waals surface area contributed by atoms with Crippen molar-refractivity contribution in [3.8, 4) is 0 Å². The molecule has 0 bridgehead atoms. The number of halogens is 2. The first-order valence-electron chi connectivity index (χ1n) is 6.05. The van der Waals surface area contributed by atoms with E-state index in [1.807, 2.05) is 0 Å². The molecule has 0 aliphatic rings. The van der Waals surface area contributed by atoms with Crippen molar-refractivity contribution in [1.29, 1.82) is 0 Å². The van der Waals surface area contributed by atoms with Gasteiger partial charge in [-0.05, 0) is 54.7 Å². The Bertz CT molecular complexity index is 708. The highest BCUT2D eigenvalue weighted by atomic mass is 35.5. The van der Waals surface area contributed by atoms with Crippen molar-refractivity contribution in [3.05, 3.63) is 58.1 Å². The van der Waals surface area contributed by atoms with Gasteiger partial charge in [0.15, 0.2) is 5.11 Å². The van der Waals surface area contributed by atoms with Crippen LogP contribution in [0.2, 0.25) is 10.0 Å². The third-order valence-electron chi connectivity index (χ3n) is 2.61. The first kappa shape index (κ1) is 16.4. The first-order valence-corrected chi connectivity index (χ1v) is 7.21. The second-order valence-corrected chi connectivity index (χ2v) is 5.44. The molecule has 2 aromatic carbocycles. The topological polar surface area (TPSA) is 76.2 Å². The number of carbonyl (C=O) groups is 1. The van der Waals surface area contributed by atoms with E-state index in [0.717, 1.165) is 5.69 Å². The number of carboxylic acids is 1. The van der Waals surface area contributed by atoms with Crippen LogP contribution >= 0.6 is 35.4 Å². The number of hydrogen-bond acceptors (Lipinski definition) is 4. The van der Waals surface area contributed by atoms with Gasteiger partial charge in [-0.1, -0.05) is 23.2 Å². The lowest BCUT2D eigenvalue weighted by Gasteiger charge is -2.14. The second kappa shape index (κ2) is 7.31. The number of carboxylic acid groups (broad SMARTS) is 1. The summed E-state index contributed by atoms with van der Waals surface area (Å²) in [5.74, 6) is -1.35. The molecule has 2 aromatic rings. The van der Waals surface area contributed by atoms with Gasteiger partial charge in [0.25, 0.3) is 0 Å². The maximum absolute atomic E-state index is 10.9. The Labute approximate surface area is 142 Å². The average molecular weight is 355 g/mol. The van der Waals surface area contributed by atoms with Crippen LogP contribution in [0.1, 0.15) is 10.4 Å². The van der Waals surface area contributed by atoms with Gasteiger partial charge >= 0.3 is 0 Å². The molecule has 5 nitrogen and oxygen atoms in total. The zero-order valence-corrected chi connectivity index (χ0v) is 13.4. The second-order valence-electron chi connectivity index (χ2n) is 4.19. The molecule has 22 heavy (non-hydrogen) atoms. The summed E-state index contributed by atoms with van der Waals surface area (Å²) in [5.41, 5.74) is 6.63.